The lowest BCUT2D eigenvalue weighted by Crippen LogP contribution is -2.51. The number of para-hydroxylation sites is 2. The smallest absolute Gasteiger partial charge is 0.274 e. The molecule has 1 aliphatic heterocycles. The molecule has 1 saturated heterocycles. The SMILES string of the molecule is O=C(c1cnc2ccccc2n1)N1CCN(C(=O)C2CC2c2ccccc2)CC1. The van der Waals surface area contributed by atoms with Gasteiger partial charge in [0.15, 0.2) is 0 Å². The Bertz CT molecular complexity index is 1060. The van der Waals surface area contributed by atoms with Gasteiger partial charge in [-0.2, -0.15) is 0 Å². The van der Waals surface area contributed by atoms with Gasteiger partial charge in [-0.15, -0.1) is 0 Å². The van der Waals surface area contributed by atoms with Crippen molar-refractivity contribution in [3.05, 3.63) is 72.1 Å². The van der Waals surface area contributed by atoms with Gasteiger partial charge in [0.2, 0.25) is 5.91 Å². The van der Waals surface area contributed by atoms with E-state index in [9.17, 15) is 9.59 Å². The highest BCUT2D eigenvalue weighted by Crippen LogP contribution is 2.48. The molecular formula is C23H22N4O2. The van der Waals surface area contributed by atoms with Gasteiger partial charge in [0.25, 0.3) is 5.91 Å². The van der Waals surface area contributed by atoms with E-state index >= 15 is 0 Å². The molecule has 29 heavy (non-hydrogen) atoms. The third-order valence-electron chi connectivity index (χ3n) is 5.88. The lowest BCUT2D eigenvalue weighted by Gasteiger charge is -2.34. The van der Waals surface area contributed by atoms with Crippen molar-refractivity contribution < 1.29 is 9.59 Å². The van der Waals surface area contributed by atoms with Crippen molar-refractivity contribution in [2.75, 3.05) is 26.2 Å². The summed E-state index contributed by atoms with van der Waals surface area (Å²) in [4.78, 5) is 38.1. The van der Waals surface area contributed by atoms with Crippen molar-refractivity contribution >= 4 is 22.8 Å². The van der Waals surface area contributed by atoms with Gasteiger partial charge in [-0.3, -0.25) is 14.6 Å². The van der Waals surface area contributed by atoms with Crippen LogP contribution in [0.5, 0.6) is 0 Å². The van der Waals surface area contributed by atoms with Gasteiger partial charge in [0, 0.05) is 32.1 Å². The Balaban J connectivity index is 1.20. The molecule has 6 heteroatoms. The largest absolute Gasteiger partial charge is 0.339 e. The number of hydrogen-bond donors (Lipinski definition) is 0. The molecule has 3 aromatic rings. The maximum atomic E-state index is 12.8. The molecule has 0 spiro atoms. The van der Waals surface area contributed by atoms with Crippen LogP contribution >= 0.6 is 0 Å². The van der Waals surface area contributed by atoms with Gasteiger partial charge in [-0.1, -0.05) is 42.5 Å². The zero-order valence-corrected chi connectivity index (χ0v) is 16.1. The molecule has 2 unspecified atom stereocenters. The second-order valence-electron chi connectivity index (χ2n) is 7.72. The van der Waals surface area contributed by atoms with Crippen LogP contribution in [0.1, 0.15) is 28.4 Å². The predicted molar refractivity (Wildman–Crippen MR) is 109 cm³/mol. The van der Waals surface area contributed by atoms with Crippen molar-refractivity contribution in [3.63, 3.8) is 0 Å². The summed E-state index contributed by atoms with van der Waals surface area (Å²) in [6, 6.07) is 17.8. The number of carbonyl (C=O) groups excluding carboxylic acids is 2. The van der Waals surface area contributed by atoms with E-state index in [-0.39, 0.29) is 17.7 Å². The Morgan fingerprint density at radius 3 is 2.24 bits per heavy atom. The molecule has 0 N–H and O–H groups in total. The van der Waals surface area contributed by atoms with Crippen LogP contribution < -0.4 is 0 Å². The van der Waals surface area contributed by atoms with Gasteiger partial charge < -0.3 is 9.80 Å². The number of fused-ring (bicyclic) bond motifs is 1. The summed E-state index contributed by atoms with van der Waals surface area (Å²) in [5.41, 5.74) is 3.09. The van der Waals surface area contributed by atoms with Crippen LogP contribution in [0.3, 0.4) is 0 Å². The van der Waals surface area contributed by atoms with Crippen molar-refractivity contribution in [1.29, 1.82) is 0 Å². The topological polar surface area (TPSA) is 66.4 Å². The molecule has 2 amide bonds. The maximum absolute atomic E-state index is 12.8. The minimum Gasteiger partial charge on any atom is -0.339 e. The molecule has 2 atom stereocenters. The average molecular weight is 386 g/mol. The number of nitrogens with zero attached hydrogens (tertiary/aromatic N) is 4. The molecule has 146 valence electrons. The standard InChI is InChI=1S/C23H22N4O2/c28-22(18-14-17(18)16-6-2-1-3-7-16)26-10-12-27(13-11-26)23(29)21-15-24-19-8-4-5-9-20(19)25-21/h1-9,15,17-18H,10-14H2. The molecule has 1 aromatic heterocycles. The quantitative estimate of drug-likeness (QED) is 0.694. The third kappa shape index (κ3) is 3.46. The highest BCUT2D eigenvalue weighted by atomic mass is 16.2. The number of benzene rings is 2. The van der Waals surface area contributed by atoms with E-state index in [4.69, 9.17) is 0 Å². The Hall–Kier alpha value is -3.28. The molecule has 5 rings (SSSR count). The Morgan fingerprint density at radius 2 is 1.48 bits per heavy atom. The van der Waals surface area contributed by atoms with Crippen LogP contribution in [0.15, 0.2) is 60.8 Å². The van der Waals surface area contributed by atoms with E-state index in [1.54, 1.807) is 4.90 Å². The molecule has 1 aliphatic carbocycles. The maximum Gasteiger partial charge on any atom is 0.274 e. The van der Waals surface area contributed by atoms with E-state index in [2.05, 4.69) is 22.1 Å². The Labute approximate surface area is 169 Å². The zero-order valence-electron chi connectivity index (χ0n) is 16.1. The third-order valence-corrected chi connectivity index (χ3v) is 5.88. The van der Waals surface area contributed by atoms with Crippen LogP contribution in [0, 0.1) is 5.92 Å². The first-order valence-electron chi connectivity index (χ1n) is 10.1. The second-order valence-corrected chi connectivity index (χ2v) is 7.72. The van der Waals surface area contributed by atoms with Crippen molar-refractivity contribution in [2.24, 2.45) is 5.92 Å². The van der Waals surface area contributed by atoms with Gasteiger partial charge in [-0.05, 0) is 30.0 Å². The lowest BCUT2D eigenvalue weighted by molar-refractivity contribution is -0.134. The van der Waals surface area contributed by atoms with Gasteiger partial charge in [-0.25, -0.2) is 4.98 Å². The highest BCUT2D eigenvalue weighted by Gasteiger charge is 2.46. The molecule has 0 bridgehead atoms. The first-order valence-corrected chi connectivity index (χ1v) is 10.1. The summed E-state index contributed by atoms with van der Waals surface area (Å²) in [6.07, 6.45) is 2.46. The fourth-order valence-corrected chi connectivity index (χ4v) is 4.12. The van der Waals surface area contributed by atoms with E-state index in [1.165, 1.54) is 11.8 Å². The zero-order chi connectivity index (χ0) is 19.8. The molecule has 2 fully saturated rings. The van der Waals surface area contributed by atoms with Crippen molar-refractivity contribution in [2.45, 2.75) is 12.3 Å². The molecule has 1 saturated carbocycles. The highest BCUT2D eigenvalue weighted by molar-refractivity contribution is 5.94. The molecule has 2 heterocycles. The fourth-order valence-electron chi connectivity index (χ4n) is 4.12. The lowest BCUT2D eigenvalue weighted by atomic mass is 10.1. The van der Waals surface area contributed by atoms with Crippen LogP contribution in [-0.4, -0.2) is 57.8 Å². The van der Waals surface area contributed by atoms with Crippen LogP contribution in [0.4, 0.5) is 0 Å². The van der Waals surface area contributed by atoms with Crippen molar-refractivity contribution in [3.8, 4) is 0 Å². The van der Waals surface area contributed by atoms with Gasteiger partial charge in [0.1, 0.15) is 5.69 Å². The number of aromatic nitrogens is 2. The number of amides is 2. The van der Waals surface area contributed by atoms with E-state index in [1.807, 2.05) is 47.4 Å². The minimum atomic E-state index is -0.121. The van der Waals surface area contributed by atoms with Gasteiger partial charge >= 0.3 is 0 Å². The van der Waals surface area contributed by atoms with E-state index in [0.717, 1.165) is 11.9 Å². The van der Waals surface area contributed by atoms with E-state index in [0.29, 0.717) is 43.3 Å². The fraction of sp³-hybridized carbons (Fsp3) is 0.304. The molecule has 2 aliphatic rings. The van der Waals surface area contributed by atoms with Crippen molar-refractivity contribution in [1.82, 2.24) is 19.8 Å². The summed E-state index contributed by atoms with van der Waals surface area (Å²) in [5, 5.41) is 0. The van der Waals surface area contributed by atoms with Crippen LogP contribution in [0.2, 0.25) is 0 Å². The van der Waals surface area contributed by atoms with Crippen LogP contribution in [0.25, 0.3) is 11.0 Å². The Morgan fingerprint density at radius 1 is 0.828 bits per heavy atom. The van der Waals surface area contributed by atoms with Crippen LogP contribution in [-0.2, 0) is 4.79 Å². The Kier molecular flexibility index (Phi) is 4.46. The average Bonchev–Trinajstić information content (AvgIpc) is 3.59. The molecule has 0 radical (unpaired) electrons. The number of hydrogen-bond acceptors (Lipinski definition) is 4. The first kappa shape index (κ1) is 17.8. The number of piperazine rings is 1. The summed E-state index contributed by atoms with van der Waals surface area (Å²) >= 11 is 0. The minimum absolute atomic E-state index is 0.0889. The molecular weight excluding hydrogens is 364 g/mol. The summed E-state index contributed by atoms with van der Waals surface area (Å²) in [6.45, 7) is 2.21. The van der Waals surface area contributed by atoms with E-state index < -0.39 is 0 Å². The summed E-state index contributed by atoms with van der Waals surface area (Å²) in [7, 11) is 0. The number of rotatable bonds is 3. The first-order chi connectivity index (χ1) is 14.2. The summed E-state index contributed by atoms with van der Waals surface area (Å²) in [5.74, 6) is 0.530. The predicted octanol–water partition coefficient (Wildman–Crippen LogP) is 2.72. The molecule has 6 nitrogen and oxygen atoms in total. The number of carbonyl (C=O) groups is 2. The molecule has 2 aromatic carbocycles. The monoisotopic (exact) mass is 386 g/mol. The normalized spacial score (nSPS) is 21.2. The second kappa shape index (κ2) is 7.28. The van der Waals surface area contributed by atoms with Gasteiger partial charge in [0.05, 0.1) is 17.2 Å². The summed E-state index contributed by atoms with van der Waals surface area (Å²) < 4.78 is 0.